The largest absolute Gasteiger partial charge is 0.352 e. The number of nitrogens with zero attached hydrogens (tertiary/aromatic N) is 8. The number of hydrogen-bond donors (Lipinski definition) is 0. The predicted octanol–water partition coefficient (Wildman–Crippen LogP) is 9.79. The third-order valence-corrected chi connectivity index (χ3v) is 10.1. The SMILES string of the molecule is C.CN(CC(=O)CC(C)(C)C)c1nc(Cl)nc2c1CCC2.Cc1cc(C)c(C)cn1.Cc1cnc(-c2nc3c(c(N(C)CC(=O)CC(C)(C)C)n2)CCC3)cc1C. The first-order valence-electron chi connectivity index (χ1n) is 19.8. The van der Waals surface area contributed by atoms with E-state index >= 15 is 0 Å². The van der Waals surface area contributed by atoms with Crippen LogP contribution in [0.15, 0.2) is 24.5 Å². The van der Waals surface area contributed by atoms with Crippen molar-refractivity contribution in [3.05, 3.63) is 80.3 Å². The summed E-state index contributed by atoms with van der Waals surface area (Å²) < 4.78 is 0. The minimum Gasteiger partial charge on any atom is -0.352 e. The lowest BCUT2D eigenvalue weighted by Crippen LogP contribution is -2.30. The van der Waals surface area contributed by atoms with Crippen molar-refractivity contribution in [1.29, 1.82) is 0 Å². The molecule has 0 radical (unpaired) electrons. The second kappa shape index (κ2) is 19.9. The van der Waals surface area contributed by atoms with Crippen LogP contribution in [-0.4, -0.2) is 68.7 Å². The third-order valence-electron chi connectivity index (χ3n) is 9.91. The lowest BCUT2D eigenvalue weighted by Gasteiger charge is -2.23. The number of hydrogen-bond acceptors (Lipinski definition) is 10. The van der Waals surface area contributed by atoms with Gasteiger partial charge in [0.1, 0.15) is 17.3 Å². The predicted molar refractivity (Wildman–Crippen MR) is 236 cm³/mol. The Bertz CT molecular complexity index is 2030. The molecule has 2 aliphatic carbocycles. The Balaban J connectivity index is 0.000000254. The van der Waals surface area contributed by atoms with Crippen LogP contribution in [0.5, 0.6) is 0 Å². The van der Waals surface area contributed by atoms with Gasteiger partial charge in [0, 0.05) is 61.8 Å². The van der Waals surface area contributed by atoms with Crippen LogP contribution in [0.1, 0.15) is 125 Å². The van der Waals surface area contributed by atoms with Gasteiger partial charge in [-0.2, -0.15) is 0 Å². The highest BCUT2D eigenvalue weighted by atomic mass is 35.5. The summed E-state index contributed by atoms with van der Waals surface area (Å²) in [5.74, 6) is 2.82. The average molecular weight is 800 g/mol. The van der Waals surface area contributed by atoms with E-state index in [1.54, 1.807) is 0 Å². The molecule has 0 aromatic carbocycles. The Morgan fingerprint density at radius 3 is 1.54 bits per heavy atom. The molecule has 0 saturated carbocycles. The number of ketones is 2. The van der Waals surface area contributed by atoms with E-state index in [2.05, 4.69) is 95.2 Å². The number of anilines is 2. The molecule has 57 heavy (non-hydrogen) atoms. The number of likely N-dealkylation sites (N-methyl/N-ethyl adjacent to an activating group) is 2. The molecule has 0 bridgehead atoms. The molecule has 11 heteroatoms. The number of carbonyl (C=O) groups excluding carboxylic acids is 2. The van der Waals surface area contributed by atoms with Gasteiger partial charge in [0.05, 0.1) is 18.8 Å². The van der Waals surface area contributed by atoms with Gasteiger partial charge in [-0.3, -0.25) is 19.6 Å². The van der Waals surface area contributed by atoms with Gasteiger partial charge in [-0.25, -0.2) is 19.9 Å². The number of aryl methyl sites for hydroxylation is 7. The van der Waals surface area contributed by atoms with E-state index < -0.39 is 0 Å². The van der Waals surface area contributed by atoms with Crippen LogP contribution in [0.25, 0.3) is 11.5 Å². The second-order valence-corrected chi connectivity index (χ2v) is 18.4. The zero-order valence-corrected chi connectivity index (χ0v) is 36.9. The van der Waals surface area contributed by atoms with Crippen LogP contribution in [0.3, 0.4) is 0 Å². The van der Waals surface area contributed by atoms with E-state index in [9.17, 15) is 9.59 Å². The van der Waals surface area contributed by atoms with Crippen LogP contribution in [-0.2, 0) is 35.3 Å². The molecule has 4 aromatic heterocycles. The van der Waals surface area contributed by atoms with Crippen molar-refractivity contribution >= 4 is 34.8 Å². The molecule has 0 atom stereocenters. The van der Waals surface area contributed by atoms with Crippen molar-refractivity contribution in [2.45, 2.75) is 135 Å². The van der Waals surface area contributed by atoms with Gasteiger partial charge in [-0.1, -0.05) is 49.0 Å². The topological polar surface area (TPSA) is 118 Å². The van der Waals surface area contributed by atoms with Crippen molar-refractivity contribution in [3.63, 3.8) is 0 Å². The minimum absolute atomic E-state index is 0. The maximum Gasteiger partial charge on any atom is 0.224 e. The number of fused-ring (bicyclic) bond motifs is 2. The van der Waals surface area contributed by atoms with E-state index in [-0.39, 0.29) is 35.1 Å². The van der Waals surface area contributed by atoms with E-state index in [4.69, 9.17) is 21.6 Å². The first kappa shape index (κ1) is 47.1. The maximum absolute atomic E-state index is 12.5. The van der Waals surface area contributed by atoms with Gasteiger partial charge in [-0.15, -0.1) is 0 Å². The van der Waals surface area contributed by atoms with Gasteiger partial charge in [0.25, 0.3) is 0 Å². The minimum atomic E-state index is 0. The van der Waals surface area contributed by atoms with Gasteiger partial charge in [0.2, 0.25) is 5.28 Å². The maximum atomic E-state index is 12.5. The highest BCUT2D eigenvalue weighted by Crippen LogP contribution is 2.32. The molecular weight excluding hydrogens is 732 g/mol. The Labute approximate surface area is 347 Å². The van der Waals surface area contributed by atoms with E-state index in [1.165, 1.54) is 22.3 Å². The van der Waals surface area contributed by atoms with E-state index in [0.29, 0.717) is 31.8 Å². The van der Waals surface area contributed by atoms with Crippen molar-refractivity contribution in [2.75, 3.05) is 37.0 Å². The van der Waals surface area contributed by atoms with Crippen molar-refractivity contribution < 1.29 is 9.59 Å². The molecule has 0 spiro atoms. The number of halogens is 1. The first-order chi connectivity index (χ1) is 26.1. The molecule has 6 rings (SSSR count). The molecule has 0 aliphatic heterocycles. The van der Waals surface area contributed by atoms with Gasteiger partial charge < -0.3 is 9.80 Å². The molecule has 0 saturated heterocycles. The summed E-state index contributed by atoms with van der Waals surface area (Å²) in [7, 11) is 3.86. The summed E-state index contributed by atoms with van der Waals surface area (Å²) in [6, 6.07) is 4.13. The fourth-order valence-electron chi connectivity index (χ4n) is 7.03. The van der Waals surface area contributed by atoms with Gasteiger partial charge in [-0.05, 0) is 130 Å². The Morgan fingerprint density at radius 1 is 0.632 bits per heavy atom. The number of aromatic nitrogens is 6. The lowest BCUT2D eigenvalue weighted by atomic mass is 9.90. The summed E-state index contributed by atoms with van der Waals surface area (Å²) in [5, 5.41) is 0.274. The number of pyridine rings is 2. The molecule has 0 fully saturated rings. The number of carbonyl (C=O) groups is 2. The van der Waals surface area contributed by atoms with Crippen LogP contribution in [0.4, 0.5) is 11.6 Å². The summed E-state index contributed by atoms with van der Waals surface area (Å²) in [6.45, 7) is 23.6. The van der Waals surface area contributed by atoms with Crippen LogP contribution < -0.4 is 9.80 Å². The number of rotatable bonds is 9. The zero-order chi connectivity index (χ0) is 41.5. The van der Waals surface area contributed by atoms with Gasteiger partial charge >= 0.3 is 0 Å². The van der Waals surface area contributed by atoms with Gasteiger partial charge in [0.15, 0.2) is 17.4 Å². The molecular formula is C46H67ClN8O2. The number of Topliss-reactive ketones (excluding diaryl/α,β-unsaturated/α-hetero) is 2. The second-order valence-electron chi connectivity index (χ2n) is 18.1. The van der Waals surface area contributed by atoms with Crippen LogP contribution in [0.2, 0.25) is 5.28 Å². The summed E-state index contributed by atoms with van der Waals surface area (Å²) in [4.78, 5) is 55.4. The highest BCUT2D eigenvalue weighted by molar-refractivity contribution is 6.28. The summed E-state index contributed by atoms with van der Waals surface area (Å²) in [5.41, 5.74) is 11.3. The molecule has 4 heterocycles. The quantitative estimate of drug-likeness (QED) is 0.152. The zero-order valence-electron chi connectivity index (χ0n) is 36.2. The van der Waals surface area contributed by atoms with E-state index in [1.807, 2.05) is 49.3 Å². The van der Waals surface area contributed by atoms with E-state index in [0.717, 1.165) is 84.1 Å². The van der Waals surface area contributed by atoms with Crippen molar-refractivity contribution in [2.24, 2.45) is 10.8 Å². The smallest absolute Gasteiger partial charge is 0.224 e. The average Bonchev–Trinajstić information content (AvgIpc) is 3.75. The molecule has 310 valence electrons. The van der Waals surface area contributed by atoms with Crippen LogP contribution >= 0.6 is 11.6 Å². The Morgan fingerprint density at radius 2 is 1.09 bits per heavy atom. The molecule has 4 aromatic rings. The third kappa shape index (κ3) is 13.9. The fourth-order valence-corrected chi connectivity index (χ4v) is 7.21. The molecule has 2 aliphatic rings. The summed E-state index contributed by atoms with van der Waals surface area (Å²) in [6.07, 6.45) is 11.0. The fraction of sp³-hybridized carbons (Fsp3) is 0.565. The Kier molecular flexibility index (Phi) is 16.4. The van der Waals surface area contributed by atoms with Crippen molar-refractivity contribution in [3.8, 4) is 11.5 Å². The highest BCUT2D eigenvalue weighted by Gasteiger charge is 2.26. The first-order valence-corrected chi connectivity index (χ1v) is 20.2. The normalized spacial score (nSPS) is 12.9. The van der Waals surface area contributed by atoms with Crippen LogP contribution in [0, 0.1) is 45.4 Å². The molecule has 0 unspecified atom stereocenters. The molecule has 0 N–H and O–H groups in total. The lowest BCUT2D eigenvalue weighted by molar-refractivity contribution is -0.120. The summed E-state index contributed by atoms with van der Waals surface area (Å²) >= 11 is 5.98. The monoisotopic (exact) mass is 799 g/mol. The standard InChI is InChI=1S/C22H30N4O.C15H22ClN3O.C8H11N.CH4/c1-14-10-19(23-12-15(14)2)20-24-18-9-7-8-17(18)21(25-20)26(6)13-16(27)11-22(3,4)5;1-15(2,3)8-10(20)9-19(4)13-11-6-5-7-12(11)17-14(16)18-13;1-6-4-8(3)9-5-7(6)2;/h10,12H,7-9,11,13H2,1-6H3;5-9H2,1-4H3;4-5H,1-3H3;1H4. The van der Waals surface area contributed by atoms with Crippen molar-refractivity contribution in [1.82, 2.24) is 29.9 Å². The molecule has 0 amide bonds. The molecule has 10 nitrogen and oxygen atoms in total. The Hall–Kier alpha value is -4.31.